The third-order valence-electron chi connectivity index (χ3n) is 4.54. The predicted molar refractivity (Wildman–Crippen MR) is 121 cm³/mol. The van der Waals surface area contributed by atoms with Crippen LogP contribution in [-0.4, -0.2) is 24.0 Å². The van der Waals surface area contributed by atoms with Gasteiger partial charge in [-0.2, -0.15) is 0 Å². The van der Waals surface area contributed by atoms with Crippen LogP contribution in [0.15, 0.2) is 59.6 Å². The number of aromatic nitrogens is 1. The Hall–Kier alpha value is -3.19. The first-order chi connectivity index (χ1) is 14.5. The van der Waals surface area contributed by atoms with Crippen molar-refractivity contribution in [2.45, 2.75) is 33.5 Å². The molecular weight excluding hydrogens is 396 g/mol. The smallest absolute Gasteiger partial charge is 0.338 e. The van der Waals surface area contributed by atoms with Gasteiger partial charge in [-0.3, -0.25) is 4.99 Å². The van der Waals surface area contributed by atoms with Gasteiger partial charge >= 0.3 is 5.97 Å². The number of esters is 1. The maximum atomic E-state index is 12.4. The number of aryl methyl sites for hydroxylation is 2. The van der Waals surface area contributed by atoms with Crippen LogP contribution in [0.4, 0.5) is 0 Å². The fourth-order valence-corrected chi connectivity index (χ4v) is 3.67. The summed E-state index contributed by atoms with van der Waals surface area (Å²) in [5.41, 5.74) is 3.52. The number of hydrogen-bond acceptors (Lipinski definition) is 5. The van der Waals surface area contributed by atoms with Crippen molar-refractivity contribution in [3.63, 3.8) is 0 Å². The number of nitrogens with one attached hydrogen (secondary N) is 2. The third kappa shape index (κ3) is 6.15. The van der Waals surface area contributed by atoms with Gasteiger partial charge < -0.3 is 15.4 Å². The minimum absolute atomic E-state index is 0.258. The number of hydrogen-bond donors (Lipinski definition) is 2. The summed E-state index contributed by atoms with van der Waals surface area (Å²) >= 11 is 1.68. The molecule has 0 atom stereocenters. The van der Waals surface area contributed by atoms with Crippen LogP contribution in [0.1, 0.15) is 37.1 Å². The van der Waals surface area contributed by atoms with E-state index in [0.717, 1.165) is 21.8 Å². The zero-order chi connectivity index (χ0) is 21.3. The lowest BCUT2D eigenvalue weighted by Crippen LogP contribution is -2.36. The van der Waals surface area contributed by atoms with E-state index in [9.17, 15) is 4.79 Å². The van der Waals surface area contributed by atoms with Gasteiger partial charge in [0.05, 0.1) is 17.8 Å². The van der Waals surface area contributed by atoms with Crippen molar-refractivity contribution < 1.29 is 9.53 Å². The van der Waals surface area contributed by atoms with Crippen LogP contribution in [-0.2, 0) is 24.4 Å². The van der Waals surface area contributed by atoms with Gasteiger partial charge in [0.2, 0.25) is 0 Å². The van der Waals surface area contributed by atoms with Crippen LogP contribution in [0.3, 0.4) is 0 Å². The molecule has 0 aliphatic carbocycles. The first kappa shape index (κ1) is 21.5. The molecule has 0 fully saturated rings. The minimum atomic E-state index is -0.335. The minimum Gasteiger partial charge on any atom is -0.457 e. The second kappa shape index (κ2) is 10.5. The average molecular weight is 423 g/mol. The molecule has 0 unspecified atom stereocenters. The summed E-state index contributed by atoms with van der Waals surface area (Å²) in [5, 5.41) is 7.56. The quantitative estimate of drug-likeness (QED) is 0.342. The van der Waals surface area contributed by atoms with Crippen molar-refractivity contribution in [2.75, 3.05) is 7.05 Å². The van der Waals surface area contributed by atoms with Gasteiger partial charge in [0, 0.05) is 18.5 Å². The molecule has 3 aromatic rings. The zero-order valence-electron chi connectivity index (χ0n) is 17.4. The number of guanidine groups is 1. The highest BCUT2D eigenvalue weighted by molar-refractivity contribution is 7.11. The van der Waals surface area contributed by atoms with Gasteiger partial charge in [0.25, 0.3) is 0 Å². The highest BCUT2D eigenvalue weighted by Crippen LogP contribution is 2.16. The molecule has 0 spiro atoms. The molecule has 6 nitrogen and oxygen atoms in total. The van der Waals surface area contributed by atoms with E-state index in [1.54, 1.807) is 24.5 Å². The molecule has 1 aromatic heterocycles. The fourth-order valence-electron chi connectivity index (χ4n) is 2.80. The van der Waals surface area contributed by atoms with Crippen LogP contribution in [0.25, 0.3) is 0 Å². The Balaban J connectivity index is 1.51. The number of carbonyl (C=O) groups is 1. The first-order valence-corrected chi connectivity index (χ1v) is 10.5. The summed E-state index contributed by atoms with van der Waals surface area (Å²) in [6, 6.07) is 17.1. The van der Waals surface area contributed by atoms with Crippen LogP contribution in [0.5, 0.6) is 0 Å². The van der Waals surface area contributed by atoms with Crippen LogP contribution in [0.2, 0.25) is 0 Å². The molecule has 156 valence electrons. The lowest BCUT2D eigenvalue weighted by Gasteiger charge is -2.12. The SMILES string of the molecule is CN=C(NCc1cccc(C(=O)OCc2ccccc2)c1)NCc1nc(C)c(C)s1. The van der Waals surface area contributed by atoms with Gasteiger partial charge in [-0.05, 0) is 37.1 Å². The number of thiazole rings is 1. The molecule has 2 aromatic carbocycles. The second-order valence-corrected chi connectivity index (χ2v) is 8.08. The Labute approximate surface area is 181 Å². The monoisotopic (exact) mass is 422 g/mol. The Morgan fingerprint density at radius 2 is 1.77 bits per heavy atom. The molecule has 0 aliphatic rings. The average Bonchev–Trinajstić information content (AvgIpc) is 3.10. The Kier molecular flexibility index (Phi) is 7.57. The second-order valence-electron chi connectivity index (χ2n) is 6.79. The van der Waals surface area contributed by atoms with E-state index in [2.05, 4.69) is 27.5 Å². The van der Waals surface area contributed by atoms with E-state index < -0.39 is 0 Å². The number of ether oxygens (including phenoxy) is 1. The highest BCUT2D eigenvalue weighted by Gasteiger charge is 2.09. The van der Waals surface area contributed by atoms with E-state index in [-0.39, 0.29) is 12.6 Å². The van der Waals surface area contributed by atoms with E-state index in [1.165, 1.54) is 4.88 Å². The normalized spacial score (nSPS) is 11.2. The van der Waals surface area contributed by atoms with E-state index >= 15 is 0 Å². The molecular formula is C23H26N4O2S. The largest absolute Gasteiger partial charge is 0.457 e. The molecule has 3 rings (SSSR count). The number of benzene rings is 2. The summed E-state index contributed by atoms with van der Waals surface area (Å²) in [4.78, 5) is 22.4. The summed E-state index contributed by atoms with van der Waals surface area (Å²) in [5.74, 6) is 0.343. The molecule has 0 saturated carbocycles. The van der Waals surface area contributed by atoms with Crippen molar-refractivity contribution in [1.29, 1.82) is 0 Å². The predicted octanol–water partition coefficient (Wildman–Crippen LogP) is 3.98. The summed E-state index contributed by atoms with van der Waals surface area (Å²) in [7, 11) is 1.73. The van der Waals surface area contributed by atoms with Crippen LogP contribution in [0, 0.1) is 13.8 Å². The zero-order valence-corrected chi connectivity index (χ0v) is 18.3. The molecule has 1 heterocycles. The molecule has 2 N–H and O–H groups in total. The molecule has 30 heavy (non-hydrogen) atoms. The molecule has 0 aliphatic heterocycles. The van der Waals surface area contributed by atoms with Gasteiger partial charge in [-0.1, -0.05) is 42.5 Å². The van der Waals surface area contributed by atoms with Crippen LogP contribution < -0.4 is 10.6 Å². The lowest BCUT2D eigenvalue weighted by molar-refractivity contribution is 0.0472. The summed E-state index contributed by atoms with van der Waals surface area (Å²) < 4.78 is 5.41. The van der Waals surface area contributed by atoms with Crippen molar-refractivity contribution in [3.05, 3.63) is 86.9 Å². The van der Waals surface area contributed by atoms with E-state index in [0.29, 0.717) is 24.6 Å². The molecule has 0 saturated heterocycles. The van der Waals surface area contributed by atoms with Crippen LogP contribution >= 0.6 is 11.3 Å². The standard InChI is InChI=1S/C23H26N4O2S/c1-16-17(2)30-21(27-16)14-26-23(24-3)25-13-19-10-7-11-20(12-19)22(28)29-15-18-8-5-4-6-9-18/h4-12H,13-15H2,1-3H3,(H2,24,25,26). The van der Waals surface area contributed by atoms with Gasteiger partial charge in [0.1, 0.15) is 11.6 Å². The molecule has 0 radical (unpaired) electrons. The van der Waals surface area contributed by atoms with Crippen molar-refractivity contribution in [2.24, 2.45) is 4.99 Å². The lowest BCUT2D eigenvalue weighted by atomic mass is 10.1. The van der Waals surface area contributed by atoms with Gasteiger partial charge in [-0.15, -0.1) is 11.3 Å². The maximum Gasteiger partial charge on any atom is 0.338 e. The fraction of sp³-hybridized carbons (Fsp3) is 0.261. The molecule has 0 bridgehead atoms. The molecule has 0 amide bonds. The summed E-state index contributed by atoms with van der Waals surface area (Å²) in [6.07, 6.45) is 0. The third-order valence-corrected chi connectivity index (χ3v) is 5.61. The van der Waals surface area contributed by atoms with E-state index in [1.807, 2.05) is 55.5 Å². The topological polar surface area (TPSA) is 75.6 Å². The van der Waals surface area contributed by atoms with E-state index in [4.69, 9.17) is 4.74 Å². The van der Waals surface area contributed by atoms with Gasteiger partial charge in [-0.25, -0.2) is 9.78 Å². The van der Waals surface area contributed by atoms with Crippen molar-refractivity contribution in [1.82, 2.24) is 15.6 Å². The van der Waals surface area contributed by atoms with Crippen molar-refractivity contribution >= 4 is 23.3 Å². The number of nitrogens with zero attached hydrogens (tertiary/aromatic N) is 2. The Morgan fingerprint density at radius 1 is 1.03 bits per heavy atom. The Morgan fingerprint density at radius 3 is 2.47 bits per heavy atom. The first-order valence-electron chi connectivity index (χ1n) is 9.72. The number of aliphatic imine (C=N–C) groups is 1. The highest BCUT2D eigenvalue weighted by atomic mass is 32.1. The molecule has 7 heteroatoms. The van der Waals surface area contributed by atoms with Crippen molar-refractivity contribution in [3.8, 4) is 0 Å². The van der Waals surface area contributed by atoms with Gasteiger partial charge in [0.15, 0.2) is 5.96 Å². The Bertz CT molecular complexity index is 996. The number of carbonyl (C=O) groups excluding carboxylic acids is 1. The number of rotatable bonds is 7. The maximum absolute atomic E-state index is 12.4. The summed E-state index contributed by atoms with van der Waals surface area (Å²) in [6.45, 7) is 5.50.